The number of nitrogens with one attached hydrogen (secondary N) is 2. The summed E-state index contributed by atoms with van der Waals surface area (Å²) in [5, 5.41) is 2.72. The zero-order valence-corrected chi connectivity index (χ0v) is 13.9. The summed E-state index contributed by atoms with van der Waals surface area (Å²) in [6, 6.07) is 14.7. The number of rotatable bonds is 3. The number of nitrogens with two attached hydrogens (primary N) is 1. The molecule has 5 nitrogen and oxygen atoms in total. The topological polar surface area (TPSA) is 84.2 Å². The first kappa shape index (κ1) is 19.2. The van der Waals surface area contributed by atoms with Gasteiger partial charge in [0.15, 0.2) is 0 Å². The summed E-state index contributed by atoms with van der Waals surface area (Å²) in [5.74, 6) is 10.8. The second kappa shape index (κ2) is 9.36. The van der Waals surface area contributed by atoms with Gasteiger partial charge in [-0.05, 0) is 35.9 Å². The molecule has 24 heavy (non-hydrogen) atoms. The highest BCUT2D eigenvalue weighted by molar-refractivity contribution is 5.88. The van der Waals surface area contributed by atoms with Gasteiger partial charge in [-0.2, -0.15) is 0 Å². The Hall–Kier alpha value is -2.81. The number of carbonyl (C=O) groups is 2. The summed E-state index contributed by atoms with van der Waals surface area (Å²) in [4.78, 5) is 22.2. The third-order valence-corrected chi connectivity index (χ3v) is 3.01. The van der Waals surface area contributed by atoms with Gasteiger partial charge in [0.05, 0.1) is 6.42 Å². The Bertz CT molecular complexity index is 777. The van der Waals surface area contributed by atoms with E-state index in [-0.39, 0.29) is 30.6 Å². The van der Waals surface area contributed by atoms with E-state index in [0.29, 0.717) is 5.69 Å². The molecule has 0 unspecified atom stereocenters. The molecule has 2 amide bonds. The van der Waals surface area contributed by atoms with Crippen molar-refractivity contribution in [1.82, 2.24) is 5.43 Å². The van der Waals surface area contributed by atoms with Gasteiger partial charge < -0.3 is 5.32 Å². The van der Waals surface area contributed by atoms with E-state index in [2.05, 4.69) is 22.6 Å². The third-order valence-electron chi connectivity index (χ3n) is 3.01. The smallest absolute Gasteiger partial charge is 0.238 e. The molecule has 0 aliphatic rings. The molecule has 0 bridgehead atoms. The maximum Gasteiger partial charge on any atom is 0.238 e. The molecule has 0 radical (unpaired) electrons. The average molecular weight is 344 g/mol. The van der Waals surface area contributed by atoms with E-state index in [1.54, 1.807) is 0 Å². The monoisotopic (exact) mass is 343 g/mol. The van der Waals surface area contributed by atoms with Crippen molar-refractivity contribution in [2.24, 2.45) is 5.84 Å². The molecule has 0 heterocycles. The van der Waals surface area contributed by atoms with Gasteiger partial charge in [0.25, 0.3) is 0 Å². The van der Waals surface area contributed by atoms with E-state index >= 15 is 0 Å². The minimum Gasteiger partial charge on any atom is -0.326 e. The van der Waals surface area contributed by atoms with Crippen molar-refractivity contribution < 1.29 is 9.59 Å². The Morgan fingerprint density at radius 2 is 1.71 bits per heavy atom. The van der Waals surface area contributed by atoms with Crippen molar-refractivity contribution in [1.29, 1.82) is 0 Å². The van der Waals surface area contributed by atoms with Gasteiger partial charge in [0.1, 0.15) is 0 Å². The van der Waals surface area contributed by atoms with Crippen LogP contribution in [0.5, 0.6) is 0 Å². The van der Waals surface area contributed by atoms with Crippen LogP contribution in [-0.2, 0) is 16.0 Å². The number of benzene rings is 2. The molecule has 0 spiro atoms. The largest absolute Gasteiger partial charge is 0.326 e. The Labute approximate surface area is 147 Å². The summed E-state index contributed by atoms with van der Waals surface area (Å²) in [6.07, 6.45) is 0.239. The number of halogens is 1. The minimum absolute atomic E-state index is 0. The normalized spacial score (nSPS) is 9.08. The summed E-state index contributed by atoms with van der Waals surface area (Å²) >= 11 is 0. The van der Waals surface area contributed by atoms with Crippen LogP contribution >= 0.6 is 12.4 Å². The zero-order chi connectivity index (χ0) is 16.7. The SMILES string of the molecule is CC(=O)Nc1cccc(C#Cc2ccc(CC(=O)NN)cc2)c1.Cl. The lowest BCUT2D eigenvalue weighted by atomic mass is 10.1. The van der Waals surface area contributed by atoms with Crippen molar-refractivity contribution in [3.8, 4) is 11.8 Å². The third kappa shape index (κ3) is 6.13. The number of anilines is 1. The summed E-state index contributed by atoms with van der Waals surface area (Å²) < 4.78 is 0. The zero-order valence-electron chi connectivity index (χ0n) is 13.1. The van der Waals surface area contributed by atoms with Crippen LogP contribution in [-0.4, -0.2) is 11.8 Å². The van der Waals surface area contributed by atoms with Crippen LogP contribution in [0.25, 0.3) is 0 Å². The minimum atomic E-state index is -0.237. The lowest BCUT2D eigenvalue weighted by Gasteiger charge is -2.01. The van der Waals surface area contributed by atoms with Gasteiger partial charge >= 0.3 is 0 Å². The predicted molar refractivity (Wildman–Crippen MR) is 96.4 cm³/mol. The fourth-order valence-corrected chi connectivity index (χ4v) is 1.96. The van der Waals surface area contributed by atoms with E-state index in [1.807, 2.05) is 48.5 Å². The molecule has 0 saturated heterocycles. The molecule has 2 aromatic carbocycles. The standard InChI is InChI=1S/C18H17N3O2.ClH/c1-13(22)20-17-4-2-3-15(11-17)8-5-14-6-9-16(10-7-14)12-18(23)21-19;/h2-4,6-7,9-11H,12,19H2,1H3,(H,20,22)(H,21,23);1H. The fourth-order valence-electron chi connectivity index (χ4n) is 1.96. The molecule has 0 aliphatic heterocycles. The van der Waals surface area contributed by atoms with Crippen molar-refractivity contribution in [2.45, 2.75) is 13.3 Å². The maximum atomic E-state index is 11.2. The van der Waals surface area contributed by atoms with Gasteiger partial charge in [-0.25, -0.2) is 5.84 Å². The highest BCUT2D eigenvalue weighted by Gasteiger charge is 2.00. The van der Waals surface area contributed by atoms with Crippen LogP contribution in [0, 0.1) is 11.8 Å². The Kier molecular flexibility index (Phi) is 7.50. The number of hydrogen-bond donors (Lipinski definition) is 3. The quantitative estimate of drug-likeness (QED) is 0.345. The molecule has 6 heteroatoms. The van der Waals surface area contributed by atoms with Crippen LogP contribution < -0.4 is 16.6 Å². The van der Waals surface area contributed by atoms with Crippen LogP contribution in [0.2, 0.25) is 0 Å². The lowest BCUT2D eigenvalue weighted by molar-refractivity contribution is -0.120. The van der Waals surface area contributed by atoms with Gasteiger partial charge in [-0.3, -0.25) is 15.0 Å². The molecule has 0 fully saturated rings. The maximum absolute atomic E-state index is 11.2. The first-order chi connectivity index (χ1) is 11.1. The number of hydrogen-bond acceptors (Lipinski definition) is 3. The van der Waals surface area contributed by atoms with Gasteiger partial charge in [0, 0.05) is 23.7 Å². The summed E-state index contributed by atoms with van der Waals surface area (Å²) in [5.41, 5.74) is 5.33. The van der Waals surface area contributed by atoms with E-state index in [4.69, 9.17) is 5.84 Å². The van der Waals surface area contributed by atoms with Gasteiger partial charge in [-0.1, -0.05) is 30.0 Å². The summed E-state index contributed by atoms with van der Waals surface area (Å²) in [7, 11) is 0. The van der Waals surface area contributed by atoms with Crippen molar-refractivity contribution >= 4 is 29.9 Å². The molecule has 0 saturated carbocycles. The number of amides is 2. The van der Waals surface area contributed by atoms with Crippen molar-refractivity contribution in [3.05, 3.63) is 65.2 Å². The van der Waals surface area contributed by atoms with E-state index < -0.39 is 0 Å². The van der Waals surface area contributed by atoms with Gasteiger partial charge in [-0.15, -0.1) is 12.4 Å². The van der Waals surface area contributed by atoms with Crippen LogP contribution in [0.4, 0.5) is 5.69 Å². The molecule has 124 valence electrons. The average Bonchev–Trinajstić information content (AvgIpc) is 2.54. The molecule has 0 aromatic heterocycles. The molecule has 4 N–H and O–H groups in total. The predicted octanol–water partition coefficient (Wildman–Crippen LogP) is 2.00. The molecule has 0 atom stereocenters. The highest BCUT2D eigenvalue weighted by Crippen LogP contribution is 2.10. The Morgan fingerprint density at radius 3 is 2.33 bits per heavy atom. The van der Waals surface area contributed by atoms with Crippen LogP contribution in [0.15, 0.2) is 48.5 Å². The van der Waals surface area contributed by atoms with Crippen molar-refractivity contribution in [3.63, 3.8) is 0 Å². The molecule has 2 rings (SSSR count). The number of carbonyl (C=O) groups excluding carboxylic acids is 2. The fraction of sp³-hybridized carbons (Fsp3) is 0.111. The Balaban J connectivity index is 0.00000288. The molecular formula is C18H18ClN3O2. The second-order valence-corrected chi connectivity index (χ2v) is 4.95. The van der Waals surface area contributed by atoms with E-state index in [9.17, 15) is 9.59 Å². The highest BCUT2D eigenvalue weighted by atomic mass is 35.5. The van der Waals surface area contributed by atoms with Crippen LogP contribution in [0.3, 0.4) is 0 Å². The van der Waals surface area contributed by atoms with Crippen molar-refractivity contribution in [2.75, 3.05) is 5.32 Å². The number of hydrazine groups is 1. The Morgan fingerprint density at radius 1 is 1.04 bits per heavy atom. The van der Waals surface area contributed by atoms with E-state index in [1.165, 1.54) is 6.92 Å². The van der Waals surface area contributed by atoms with Gasteiger partial charge in [0.2, 0.25) is 11.8 Å². The lowest BCUT2D eigenvalue weighted by Crippen LogP contribution is -2.31. The molecule has 2 aromatic rings. The van der Waals surface area contributed by atoms with Crippen LogP contribution in [0.1, 0.15) is 23.6 Å². The molecular weight excluding hydrogens is 326 g/mol. The first-order valence-electron chi connectivity index (χ1n) is 7.05. The molecule has 0 aliphatic carbocycles. The first-order valence-corrected chi connectivity index (χ1v) is 7.05. The second-order valence-electron chi connectivity index (χ2n) is 4.95. The van der Waals surface area contributed by atoms with E-state index in [0.717, 1.165) is 16.7 Å². The summed E-state index contributed by atoms with van der Waals surface area (Å²) in [6.45, 7) is 1.46.